The second kappa shape index (κ2) is 10.9. The van der Waals surface area contributed by atoms with Gasteiger partial charge in [-0.1, -0.05) is 48.0 Å². The fraction of sp³-hybridized carbons (Fsp3) is 0.194. The molecule has 1 fully saturated rings. The highest BCUT2D eigenvalue weighted by molar-refractivity contribution is 7.90. The van der Waals surface area contributed by atoms with Crippen LogP contribution < -0.4 is 0 Å². The summed E-state index contributed by atoms with van der Waals surface area (Å²) in [5, 5.41) is 20.6. The average Bonchev–Trinajstić information content (AvgIpc) is 3.19. The maximum absolute atomic E-state index is 13.0. The Morgan fingerprint density at radius 1 is 1.12 bits per heavy atom. The number of nitriles is 1. The first kappa shape index (κ1) is 28.1. The van der Waals surface area contributed by atoms with Gasteiger partial charge in [0, 0.05) is 29.5 Å². The molecular weight excluding hydrogens is 564 g/mol. The van der Waals surface area contributed by atoms with E-state index in [1.165, 1.54) is 29.2 Å². The average molecular weight is 589 g/mol. The number of carbonyl (C=O) groups is 2. The fourth-order valence-electron chi connectivity index (χ4n) is 5.13. The Hall–Kier alpha value is -4.39. The van der Waals surface area contributed by atoms with Gasteiger partial charge in [-0.25, -0.2) is 13.2 Å². The van der Waals surface area contributed by atoms with Crippen molar-refractivity contribution in [3.63, 3.8) is 0 Å². The van der Waals surface area contributed by atoms with Crippen LogP contribution in [0.4, 0.5) is 0 Å². The highest BCUT2D eigenvalue weighted by Gasteiger charge is 2.51. The number of amides is 1. The number of aliphatic hydroxyl groups excluding tert-OH is 1. The summed E-state index contributed by atoms with van der Waals surface area (Å²) in [6.07, 6.45) is 4.98. The Morgan fingerprint density at radius 2 is 1.90 bits per heavy atom. The van der Waals surface area contributed by atoms with Crippen LogP contribution in [0.25, 0.3) is 22.8 Å². The molecule has 2 heterocycles. The lowest BCUT2D eigenvalue weighted by atomic mass is 9.88. The largest absolute Gasteiger partial charge is 0.507 e. The first-order valence-electron chi connectivity index (χ1n) is 12.8. The molecule has 1 amide bonds. The van der Waals surface area contributed by atoms with Crippen LogP contribution in [-0.4, -0.2) is 55.2 Å². The molecule has 1 atom stereocenters. The predicted molar refractivity (Wildman–Crippen MR) is 154 cm³/mol. The Bertz CT molecular complexity index is 1790. The van der Waals surface area contributed by atoms with Crippen molar-refractivity contribution in [2.45, 2.75) is 23.3 Å². The van der Waals surface area contributed by atoms with E-state index in [2.05, 4.69) is 6.07 Å². The van der Waals surface area contributed by atoms with Crippen LogP contribution in [0.15, 0.2) is 83.5 Å². The molecule has 0 radical (unpaired) electrons. The lowest BCUT2D eigenvalue weighted by Gasteiger charge is -2.38. The molecule has 0 saturated carbocycles. The molecule has 41 heavy (non-hydrogen) atoms. The van der Waals surface area contributed by atoms with Crippen LogP contribution >= 0.6 is 11.6 Å². The highest BCUT2D eigenvalue weighted by Crippen LogP contribution is 2.43. The van der Waals surface area contributed by atoms with Crippen LogP contribution in [0, 0.1) is 11.3 Å². The van der Waals surface area contributed by atoms with Gasteiger partial charge in [0.2, 0.25) is 5.91 Å². The van der Waals surface area contributed by atoms with Crippen LogP contribution in [0.2, 0.25) is 5.02 Å². The summed E-state index contributed by atoms with van der Waals surface area (Å²) in [4.78, 5) is 27.7. The van der Waals surface area contributed by atoms with Gasteiger partial charge < -0.3 is 14.7 Å². The summed E-state index contributed by atoms with van der Waals surface area (Å²) in [5.41, 5.74) is 1.27. The molecule has 1 saturated heterocycles. The number of likely N-dealkylation sites (tertiary alicyclic amines) is 1. The topological polar surface area (TPSA) is 125 Å². The number of nitrogens with zero attached hydrogens (tertiary/aromatic N) is 2. The molecule has 208 valence electrons. The van der Waals surface area contributed by atoms with Crippen LogP contribution in [0.1, 0.15) is 29.5 Å². The maximum Gasteiger partial charge on any atom is 0.343 e. The van der Waals surface area contributed by atoms with Gasteiger partial charge in [-0.05, 0) is 65.9 Å². The molecule has 8 nitrogen and oxygen atoms in total. The van der Waals surface area contributed by atoms with Crippen molar-refractivity contribution in [1.29, 1.82) is 5.26 Å². The van der Waals surface area contributed by atoms with Gasteiger partial charge in [-0.15, -0.1) is 0 Å². The zero-order chi connectivity index (χ0) is 29.4. The molecule has 0 bridgehead atoms. The third-order valence-electron chi connectivity index (χ3n) is 7.19. The standard InChI is InChI=1S/C31H25ClN2O6S/c1-41(38,39)24-8-3-7-22(16-24)25-11-10-23(17-26(25)32)28-29(36)31(40-30(28)37)13-4-14-34(19-31)27(35)12-9-20-5-2-6-21(15-20)18-33/h2-3,5-12,15-17,36H,4,13-14,19H2,1H3/b12-9-. The monoisotopic (exact) mass is 588 g/mol. The van der Waals surface area contributed by atoms with E-state index in [1.54, 1.807) is 54.6 Å². The van der Waals surface area contributed by atoms with Crippen molar-refractivity contribution in [3.05, 3.63) is 100 Å². The van der Waals surface area contributed by atoms with Crippen molar-refractivity contribution in [2.24, 2.45) is 0 Å². The molecule has 1 N–H and O–H groups in total. The molecule has 3 aromatic carbocycles. The quantitative estimate of drug-likeness (QED) is 0.321. The SMILES string of the molecule is CS(=O)(=O)c1cccc(-c2ccc(C3=C(O)C4(CCCN(C(=O)/C=C\c5cccc(C#N)c5)C4)OC3=O)cc2Cl)c1. The van der Waals surface area contributed by atoms with E-state index in [4.69, 9.17) is 21.6 Å². The lowest BCUT2D eigenvalue weighted by molar-refractivity contribution is -0.155. The molecule has 5 rings (SSSR count). The lowest BCUT2D eigenvalue weighted by Crippen LogP contribution is -2.51. The summed E-state index contributed by atoms with van der Waals surface area (Å²) >= 11 is 6.57. The molecule has 0 aliphatic carbocycles. The predicted octanol–water partition coefficient (Wildman–Crippen LogP) is 5.18. The number of ether oxygens (including phenoxy) is 1. The number of benzene rings is 3. The third kappa shape index (κ3) is 5.62. The molecule has 10 heteroatoms. The van der Waals surface area contributed by atoms with E-state index in [0.29, 0.717) is 47.2 Å². The molecule has 0 aromatic heterocycles. The fourth-order valence-corrected chi connectivity index (χ4v) is 6.08. The first-order valence-corrected chi connectivity index (χ1v) is 15.0. The smallest absolute Gasteiger partial charge is 0.343 e. The van der Waals surface area contributed by atoms with E-state index >= 15 is 0 Å². The highest BCUT2D eigenvalue weighted by atomic mass is 35.5. The number of carbonyl (C=O) groups excluding carboxylic acids is 2. The Morgan fingerprint density at radius 3 is 2.63 bits per heavy atom. The maximum atomic E-state index is 13.0. The number of hydrogen-bond acceptors (Lipinski definition) is 7. The number of halogens is 1. The summed E-state index contributed by atoms with van der Waals surface area (Å²) in [7, 11) is -3.42. The Labute approximate surface area is 242 Å². The summed E-state index contributed by atoms with van der Waals surface area (Å²) in [5.74, 6) is -1.29. The van der Waals surface area contributed by atoms with Gasteiger partial charge >= 0.3 is 5.97 Å². The zero-order valence-electron chi connectivity index (χ0n) is 22.0. The summed E-state index contributed by atoms with van der Waals surface area (Å²) in [6.45, 7) is 0.413. The van der Waals surface area contributed by atoms with Gasteiger partial charge in [0.25, 0.3) is 0 Å². The number of hydrogen-bond donors (Lipinski definition) is 1. The van der Waals surface area contributed by atoms with E-state index in [9.17, 15) is 23.1 Å². The van der Waals surface area contributed by atoms with Crippen molar-refractivity contribution in [3.8, 4) is 17.2 Å². The minimum Gasteiger partial charge on any atom is -0.507 e. The van der Waals surface area contributed by atoms with Gasteiger partial charge in [-0.3, -0.25) is 4.79 Å². The van der Waals surface area contributed by atoms with Gasteiger partial charge in [0.1, 0.15) is 5.57 Å². The van der Waals surface area contributed by atoms with Gasteiger partial charge in [0.05, 0.1) is 23.1 Å². The molecule has 1 spiro atoms. The Kier molecular flexibility index (Phi) is 7.47. The molecule has 1 unspecified atom stereocenters. The van der Waals surface area contributed by atoms with Crippen LogP contribution in [0.3, 0.4) is 0 Å². The zero-order valence-corrected chi connectivity index (χ0v) is 23.6. The number of aliphatic hydroxyl groups is 1. The number of esters is 1. The van der Waals surface area contributed by atoms with Gasteiger partial charge in [-0.2, -0.15) is 5.26 Å². The molecule has 2 aliphatic heterocycles. The summed E-state index contributed by atoms with van der Waals surface area (Å²) in [6, 6.07) is 20.1. The van der Waals surface area contributed by atoms with E-state index < -0.39 is 21.4 Å². The third-order valence-corrected chi connectivity index (χ3v) is 8.62. The number of sulfone groups is 1. The van der Waals surface area contributed by atoms with Crippen LogP contribution in [-0.2, 0) is 24.2 Å². The minimum absolute atomic E-state index is 0.0143. The molecular formula is C31H25ClN2O6S. The summed E-state index contributed by atoms with van der Waals surface area (Å²) < 4.78 is 29.7. The number of piperidine rings is 1. The first-order chi connectivity index (χ1) is 19.5. The second-order valence-corrected chi connectivity index (χ2v) is 12.5. The van der Waals surface area contributed by atoms with Crippen molar-refractivity contribution >= 4 is 45.0 Å². The second-order valence-electron chi connectivity index (χ2n) is 10.0. The minimum atomic E-state index is -3.42. The normalized spacial score (nSPS) is 19.0. The van der Waals surface area contributed by atoms with E-state index in [-0.39, 0.29) is 33.7 Å². The molecule has 3 aromatic rings. The van der Waals surface area contributed by atoms with Crippen molar-refractivity contribution in [2.75, 3.05) is 19.3 Å². The van der Waals surface area contributed by atoms with E-state index in [1.807, 2.05) is 0 Å². The van der Waals surface area contributed by atoms with Crippen molar-refractivity contribution in [1.82, 2.24) is 4.90 Å². The number of rotatable bonds is 5. The van der Waals surface area contributed by atoms with Gasteiger partial charge in [0.15, 0.2) is 21.2 Å². The van der Waals surface area contributed by atoms with Crippen molar-refractivity contribution < 1.29 is 27.9 Å². The van der Waals surface area contributed by atoms with E-state index in [0.717, 1.165) is 6.26 Å². The molecule has 2 aliphatic rings. The Balaban J connectivity index is 1.40. The van der Waals surface area contributed by atoms with Crippen LogP contribution in [0.5, 0.6) is 0 Å².